The van der Waals surface area contributed by atoms with Crippen LogP contribution in [-0.2, 0) is 11.2 Å². The van der Waals surface area contributed by atoms with Crippen molar-refractivity contribution in [1.29, 1.82) is 0 Å². The fourth-order valence-electron chi connectivity index (χ4n) is 3.65. The molecular formula is C25H19ClN6O2. The molecule has 0 radical (unpaired) electrons. The van der Waals surface area contributed by atoms with Crippen molar-refractivity contribution in [3.05, 3.63) is 88.7 Å². The summed E-state index contributed by atoms with van der Waals surface area (Å²) in [6.07, 6.45) is 3.46. The highest BCUT2D eigenvalue weighted by atomic mass is 35.5. The van der Waals surface area contributed by atoms with Crippen molar-refractivity contribution in [1.82, 2.24) is 15.0 Å². The number of hydrogen-bond donors (Lipinski definition) is 3. The number of rotatable bonds is 4. The number of halogens is 1. The fraction of sp³-hybridized carbons (Fsp3) is 0.0800. The SMILES string of the molecule is Cc1ccnc(NC(=O)c2ccc(Nc3ncc4c(n3)-c3ccc(Cl)cc3NC(=O)C4)cc2)c1. The summed E-state index contributed by atoms with van der Waals surface area (Å²) in [6.45, 7) is 1.93. The number of aryl methyl sites for hydroxylation is 1. The number of anilines is 4. The lowest BCUT2D eigenvalue weighted by Crippen LogP contribution is -2.13. The highest BCUT2D eigenvalue weighted by Gasteiger charge is 2.21. The molecule has 0 bridgehead atoms. The Morgan fingerprint density at radius 3 is 2.68 bits per heavy atom. The normalized spacial score (nSPS) is 12.1. The number of hydrogen-bond acceptors (Lipinski definition) is 6. The summed E-state index contributed by atoms with van der Waals surface area (Å²) in [5.41, 5.74) is 4.98. The van der Waals surface area contributed by atoms with Gasteiger partial charge < -0.3 is 16.0 Å². The maximum atomic E-state index is 12.5. The van der Waals surface area contributed by atoms with Gasteiger partial charge in [0.15, 0.2) is 0 Å². The third-order valence-corrected chi connectivity index (χ3v) is 5.52. The average Bonchev–Trinajstić information content (AvgIpc) is 2.94. The largest absolute Gasteiger partial charge is 0.325 e. The molecule has 0 aliphatic carbocycles. The van der Waals surface area contributed by atoms with Gasteiger partial charge >= 0.3 is 0 Å². The minimum atomic E-state index is -0.252. The number of pyridine rings is 1. The highest BCUT2D eigenvalue weighted by Crippen LogP contribution is 2.34. The zero-order valence-corrected chi connectivity index (χ0v) is 18.8. The van der Waals surface area contributed by atoms with Crippen LogP contribution in [0.2, 0.25) is 5.02 Å². The van der Waals surface area contributed by atoms with Gasteiger partial charge in [0.05, 0.1) is 17.8 Å². The van der Waals surface area contributed by atoms with Crippen LogP contribution >= 0.6 is 11.6 Å². The van der Waals surface area contributed by atoms with E-state index in [-0.39, 0.29) is 18.2 Å². The molecule has 0 fully saturated rings. The van der Waals surface area contributed by atoms with Crippen LogP contribution in [0.4, 0.5) is 23.1 Å². The summed E-state index contributed by atoms with van der Waals surface area (Å²) >= 11 is 6.10. The van der Waals surface area contributed by atoms with Crippen molar-refractivity contribution in [3.8, 4) is 11.3 Å². The van der Waals surface area contributed by atoms with E-state index in [0.29, 0.717) is 39.4 Å². The van der Waals surface area contributed by atoms with Gasteiger partial charge in [-0.1, -0.05) is 11.6 Å². The summed E-state index contributed by atoms with van der Waals surface area (Å²) in [6, 6.07) is 15.9. The van der Waals surface area contributed by atoms with Crippen LogP contribution in [0.15, 0.2) is 67.0 Å². The van der Waals surface area contributed by atoms with E-state index >= 15 is 0 Å². The maximum absolute atomic E-state index is 12.5. The van der Waals surface area contributed by atoms with Gasteiger partial charge in [0, 0.05) is 39.8 Å². The Labute approximate surface area is 200 Å². The number of fused-ring (bicyclic) bond motifs is 3. The maximum Gasteiger partial charge on any atom is 0.256 e. The Kier molecular flexibility index (Phi) is 5.65. The van der Waals surface area contributed by atoms with E-state index in [4.69, 9.17) is 11.6 Å². The molecule has 1 aliphatic rings. The van der Waals surface area contributed by atoms with Crippen LogP contribution in [-0.4, -0.2) is 26.8 Å². The first kappa shape index (κ1) is 21.5. The molecule has 0 spiro atoms. The quantitative estimate of drug-likeness (QED) is 0.387. The summed E-state index contributed by atoms with van der Waals surface area (Å²) in [5.74, 6) is 0.468. The second kappa shape index (κ2) is 8.92. The average molecular weight is 471 g/mol. The molecule has 0 atom stereocenters. The Morgan fingerprint density at radius 1 is 1.06 bits per heavy atom. The van der Waals surface area contributed by atoms with Gasteiger partial charge in [0.1, 0.15) is 5.82 Å². The summed E-state index contributed by atoms with van der Waals surface area (Å²) < 4.78 is 0. The molecule has 1 aliphatic heterocycles. The number of nitrogens with zero attached hydrogens (tertiary/aromatic N) is 3. The van der Waals surface area contributed by atoms with Crippen LogP contribution < -0.4 is 16.0 Å². The Bertz CT molecular complexity index is 1420. The second-order valence-electron chi connectivity index (χ2n) is 7.86. The topological polar surface area (TPSA) is 109 Å². The molecule has 2 aromatic carbocycles. The molecule has 2 aromatic heterocycles. The van der Waals surface area contributed by atoms with Gasteiger partial charge in [-0.05, 0) is 67.1 Å². The van der Waals surface area contributed by atoms with E-state index in [1.807, 2.05) is 19.1 Å². The summed E-state index contributed by atoms with van der Waals surface area (Å²) in [4.78, 5) is 37.9. The molecule has 0 saturated heterocycles. The zero-order chi connectivity index (χ0) is 23.7. The minimum Gasteiger partial charge on any atom is -0.325 e. The van der Waals surface area contributed by atoms with Gasteiger partial charge in [-0.15, -0.1) is 0 Å². The smallest absolute Gasteiger partial charge is 0.256 e. The van der Waals surface area contributed by atoms with Crippen molar-refractivity contribution in [2.24, 2.45) is 0 Å². The fourth-order valence-corrected chi connectivity index (χ4v) is 3.82. The van der Waals surface area contributed by atoms with E-state index in [0.717, 1.165) is 16.7 Å². The number of carbonyl (C=O) groups excluding carboxylic acids is 2. The number of benzene rings is 2. The number of aromatic nitrogens is 3. The lowest BCUT2D eigenvalue weighted by Gasteiger charge is -2.11. The summed E-state index contributed by atoms with van der Waals surface area (Å²) in [7, 11) is 0. The molecule has 0 saturated carbocycles. The monoisotopic (exact) mass is 470 g/mol. The first-order valence-electron chi connectivity index (χ1n) is 10.5. The first-order chi connectivity index (χ1) is 16.4. The first-order valence-corrected chi connectivity index (χ1v) is 10.9. The minimum absolute atomic E-state index is 0.152. The van der Waals surface area contributed by atoms with E-state index in [2.05, 4.69) is 30.9 Å². The molecule has 4 aromatic rings. The molecule has 2 amide bonds. The molecule has 3 heterocycles. The molecule has 5 rings (SSSR count). The second-order valence-corrected chi connectivity index (χ2v) is 8.29. The molecular weight excluding hydrogens is 452 g/mol. The van der Waals surface area contributed by atoms with Crippen molar-refractivity contribution in [2.45, 2.75) is 13.3 Å². The molecule has 0 unspecified atom stereocenters. The molecule has 9 heteroatoms. The van der Waals surface area contributed by atoms with Gasteiger partial charge in [0.25, 0.3) is 5.91 Å². The van der Waals surface area contributed by atoms with Gasteiger partial charge in [0.2, 0.25) is 11.9 Å². The van der Waals surface area contributed by atoms with Crippen LogP contribution in [0.1, 0.15) is 21.5 Å². The van der Waals surface area contributed by atoms with Gasteiger partial charge in [-0.25, -0.2) is 15.0 Å². The Morgan fingerprint density at radius 2 is 1.88 bits per heavy atom. The van der Waals surface area contributed by atoms with Gasteiger partial charge in [-0.3, -0.25) is 9.59 Å². The van der Waals surface area contributed by atoms with E-state index in [1.54, 1.807) is 54.9 Å². The molecule has 3 N–H and O–H groups in total. The van der Waals surface area contributed by atoms with Crippen molar-refractivity contribution >= 4 is 46.6 Å². The van der Waals surface area contributed by atoms with Crippen LogP contribution in [0, 0.1) is 6.92 Å². The number of nitrogens with one attached hydrogen (secondary N) is 3. The van der Waals surface area contributed by atoms with E-state index in [9.17, 15) is 9.59 Å². The number of amides is 2. The predicted octanol–water partition coefficient (Wildman–Crippen LogP) is 4.99. The Balaban J connectivity index is 1.36. The van der Waals surface area contributed by atoms with Gasteiger partial charge in [-0.2, -0.15) is 0 Å². The standard InChI is InChI=1S/C25H19ClN6O2/c1-14-8-9-27-21(10-14)31-24(34)15-2-5-18(6-3-15)29-25-28-13-16-11-22(33)30-20-12-17(26)4-7-19(20)23(16)32-25/h2-10,12-13H,11H2,1H3,(H,30,33)(H,27,31,34)(H,28,29,32). The molecule has 168 valence electrons. The predicted molar refractivity (Wildman–Crippen MR) is 131 cm³/mol. The van der Waals surface area contributed by atoms with Crippen molar-refractivity contribution in [2.75, 3.05) is 16.0 Å². The van der Waals surface area contributed by atoms with Crippen LogP contribution in [0.5, 0.6) is 0 Å². The van der Waals surface area contributed by atoms with Crippen LogP contribution in [0.25, 0.3) is 11.3 Å². The lowest BCUT2D eigenvalue weighted by atomic mass is 10.1. The summed E-state index contributed by atoms with van der Waals surface area (Å²) in [5, 5.41) is 9.33. The van der Waals surface area contributed by atoms with E-state index in [1.165, 1.54) is 0 Å². The third kappa shape index (κ3) is 4.57. The van der Waals surface area contributed by atoms with E-state index < -0.39 is 0 Å². The van der Waals surface area contributed by atoms with Crippen molar-refractivity contribution in [3.63, 3.8) is 0 Å². The zero-order valence-electron chi connectivity index (χ0n) is 18.1. The Hall–Kier alpha value is -4.30. The third-order valence-electron chi connectivity index (χ3n) is 5.29. The van der Waals surface area contributed by atoms with Crippen LogP contribution in [0.3, 0.4) is 0 Å². The highest BCUT2D eigenvalue weighted by molar-refractivity contribution is 6.31. The lowest BCUT2D eigenvalue weighted by molar-refractivity contribution is -0.115. The molecule has 34 heavy (non-hydrogen) atoms. The number of carbonyl (C=O) groups is 2. The molecule has 8 nitrogen and oxygen atoms in total. The van der Waals surface area contributed by atoms with Crippen molar-refractivity contribution < 1.29 is 9.59 Å².